The number of amides is 1. The van der Waals surface area contributed by atoms with Gasteiger partial charge in [-0.15, -0.1) is 11.3 Å². The van der Waals surface area contributed by atoms with Gasteiger partial charge in [-0.2, -0.15) is 0 Å². The largest absolute Gasteiger partial charge is 0.409 e. The van der Waals surface area contributed by atoms with Crippen LogP contribution in [0.25, 0.3) is 0 Å². The van der Waals surface area contributed by atoms with Gasteiger partial charge in [-0.3, -0.25) is 4.79 Å². The van der Waals surface area contributed by atoms with Crippen LogP contribution in [0.3, 0.4) is 0 Å². The van der Waals surface area contributed by atoms with Crippen LogP contribution in [0.2, 0.25) is 0 Å². The molecule has 21 heavy (non-hydrogen) atoms. The number of nitrogens with one attached hydrogen (secondary N) is 1. The molecular formula is C15H17N3O2S. The molecule has 110 valence electrons. The molecule has 5 nitrogen and oxygen atoms in total. The molecule has 0 fully saturated rings. The fourth-order valence-electron chi connectivity index (χ4n) is 1.86. The van der Waals surface area contributed by atoms with Crippen molar-refractivity contribution in [2.24, 2.45) is 10.9 Å². The number of thiophene rings is 1. The van der Waals surface area contributed by atoms with Crippen molar-refractivity contribution in [2.75, 3.05) is 0 Å². The fourth-order valence-corrected chi connectivity index (χ4v) is 2.69. The molecule has 1 aromatic carbocycles. The molecule has 0 aliphatic carbocycles. The Morgan fingerprint density at radius 1 is 1.29 bits per heavy atom. The molecule has 0 radical (unpaired) electrons. The predicted octanol–water partition coefficient (Wildman–Crippen LogP) is 2.01. The van der Waals surface area contributed by atoms with E-state index in [4.69, 9.17) is 10.9 Å². The Bertz CT molecular complexity index is 647. The van der Waals surface area contributed by atoms with E-state index in [9.17, 15) is 4.79 Å². The predicted molar refractivity (Wildman–Crippen MR) is 83.6 cm³/mol. The Kier molecular flexibility index (Phi) is 4.94. The molecular weight excluding hydrogens is 286 g/mol. The van der Waals surface area contributed by atoms with Gasteiger partial charge in [-0.1, -0.05) is 29.4 Å². The summed E-state index contributed by atoms with van der Waals surface area (Å²) in [6.45, 7) is 2.60. The van der Waals surface area contributed by atoms with Crippen LogP contribution in [-0.2, 0) is 17.8 Å². The van der Waals surface area contributed by atoms with Gasteiger partial charge in [-0.25, -0.2) is 0 Å². The number of oxime groups is 1. The van der Waals surface area contributed by atoms with E-state index in [1.165, 1.54) is 4.88 Å². The first-order valence-electron chi connectivity index (χ1n) is 6.47. The zero-order chi connectivity index (χ0) is 15.2. The molecule has 0 bridgehead atoms. The van der Waals surface area contributed by atoms with E-state index >= 15 is 0 Å². The quantitative estimate of drug-likeness (QED) is 0.342. The Balaban J connectivity index is 1.87. The van der Waals surface area contributed by atoms with Crippen molar-refractivity contribution in [2.45, 2.75) is 19.9 Å². The molecule has 0 saturated carbocycles. The number of carbonyl (C=O) groups excluding carboxylic acids is 1. The molecule has 0 unspecified atom stereocenters. The van der Waals surface area contributed by atoms with Crippen LogP contribution in [0.15, 0.2) is 41.6 Å². The molecule has 4 N–H and O–H groups in total. The minimum Gasteiger partial charge on any atom is -0.409 e. The van der Waals surface area contributed by atoms with Crippen molar-refractivity contribution in [3.8, 4) is 0 Å². The third-order valence-electron chi connectivity index (χ3n) is 2.98. The molecule has 0 atom stereocenters. The molecule has 2 aromatic rings. The number of nitrogens with zero attached hydrogens (tertiary/aromatic N) is 1. The summed E-state index contributed by atoms with van der Waals surface area (Å²) in [6, 6.07) is 11.1. The maximum absolute atomic E-state index is 11.9. The van der Waals surface area contributed by atoms with Crippen molar-refractivity contribution in [3.05, 3.63) is 57.3 Å². The van der Waals surface area contributed by atoms with E-state index < -0.39 is 0 Å². The smallest absolute Gasteiger partial charge is 0.224 e. The summed E-state index contributed by atoms with van der Waals surface area (Å²) in [5, 5.41) is 14.4. The van der Waals surface area contributed by atoms with E-state index in [1.807, 2.05) is 19.1 Å². The number of hydrogen-bond donors (Lipinski definition) is 3. The molecule has 2 rings (SSSR count). The highest BCUT2D eigenvalue weighted by Crippen LogP contribution is 2.14. The van der Waals surface area contributed by atoms with Crippen molar-refractivity contribution in [3.63, 3.8) is 0 Å². The minimum atomic E-state index is -0.0300. The van der Waals surface area contributed by atoms with E-state index in [-0.39, 0.29) is 11.7 Å². The van der Waals surface area contributed by atoms with Crippen molar-refractivity contribution in [1.82, 2.24) is 5.32 Å². The third-order valence-corrected chi connectivity index (χ3v) is 3.98. The van der Waals surface area contributed by atoms with Gasteiger partial charge in [0.2, 0.25) is 5.91 Å². The second-order valence-electron chi connectivity index (χ2n) is 4.65. The summed E-state index contributed by atoms with van der Waals surface area (Å²) in [7, 11) is 0. The van der Waals surface area contributed by atoms with Gasteiger partial charge in [0.1, 0.15) is 0 Å². The van der Waals surface area contributed by atoms with Crippen LogP contribution in [-0.4, -0.2) is 17.0 Å². The summed E-state index contributed by atoms with van der Waals surface area (Å²) >= 11 is 1.68. The van der Waals surface area contributed by atoms with Crippen molar-refractivity contribution in [1.29, 1.82) is 0 Å². The average molecular weight is 303 g/mol. The minimum absolute atomic E-state index is 0.0300. The lowest BCUT2D eigenvalue weighted by Gasteiger charge is -2.05. The molecule has 0 spiro atoms. The van der Waals surface area contributed by atoms with E-state index in [1.54, 1.807) is 35.6 Å². The number of benzene rings is 1. The zero-order valence-corrected chi connectivity index (χ0v) is 12.5. The number of rotatable bonds is 5. The first kappa shape index (κ1) is 15.1. The van der Waals surface area contributed by atoms with Gasteiger partial charge in [0.25, 0.3) is 0 Å². The SMILES string of the molecule is Cc1ccc(CNC(=O)Cc2ccc(C(N)=NO)cc2)s1. The van der Waals surface area contributed by atoms with Gasteiger partial charge >= 0.3 is 0 Å². The second-order valence-corrected chi connectivity index (χ2v) is 6.02. The average Bonchev–Trinajstić information content (AvgIpc) is 2.91. The highest BCUT2D eigenvalue weighted by molar-refractivity contribution is 7.11. The van der Waals surface area contributed by atoms with Gasteiger partial charge in [-0.05, 0) is 24.6 Å². The highest BCUT2D eigenvalue weighted by atomic mass is 32.1. The lowest BCUT2D eigenvalue weighted by Crippen LogP contribution is -2.24. The van der Waals surface area contributed by atoms with Crippen LogP contribution in [0, 0.1) is 6.92 Å². The Labute approximate surface area is 127 Å². The highest BCUT2D eigenvalue weighted by Gasteiger charge is 2.05. The fraction of sp³-hybridized carbons (Fsp3) is 0.200. The summed E-state index contributed by atoms with van der Waals surface area (Å²) < 4.78 is 0. The van der Waals surface area contributed by atoms with E-state index in [0.717, 1.165) is 10.4 Å². The molecule has 1 aromatic heterocycles. The van der Waals surface area contributed by atoms with Crippen molar-refractivity contribution < 1.29 is 10.0 Å². The Morgan fingerprint density at radius 3 is 2.57 bits per heavy atom. The summed E-state index contributed by atoms with van der Waals surface area (Å²) in [6.07, 6.45) is 0.306. The van der Waals surface area contributed by atoms with E-state index in [2.05, 4.69) is 10.5 Å². The van der Waals surface area contributed by atoms with Crippen LogP contribution in [0.5, 0.6) is 0 Å². The van der Waals surface area contributed by atoms with Gasteiger partial charge in [0.15, 0.2) is 5.84 Å². The maximum Gasteiger partial charge on any atom is 0.224 e. The number of carbonyl (C=O) groups is 1. The van der Waals surface area contributed by atoms with Crippen LogP contribution < -0.4 is 11.1 Å². The van der Waals surface area contributed by atoms with Gasteiger partial charge < -0.3 is 16.3 Å². The molecule has 1 amide bonds. The van der Waals surface area contributed by atoms with Crippen LogP contribution >= 0.6 is 11.3 Å². The lowest BCUT2D eigenvalue weighted by molar-refractivity contribution is -0.120. The van der Waals surface area contributed by atoms with Crippen molar-refractivity contribution >= 4 is 23.1 Å². The molecule has 0 saturated heterocycles. The first-order chi connectivity index (χ1) is 10.1. The Morgan fingerprint density at radius 2 is 2.00 bits per heavy atom. The maximum atomic E-state index is 11.9. The molecule has 6 heteroatoms. The standard InChI is InChI=1S/C15H17N3O2S/c1-10-2-7-13(21-10)9-17-14(19)8-11-3-5-12(6-4-11)15(16)18-20/h2-7,20H,8-9H2,1H3,(H2,16,18)(H,17,19). The zero-order valence-electron chi connectivity index (χ0n) is 11.7. The van der Waals surface area contributed by atoms with Gasteiger partial charge in [0, 0.05) is 15.3 Å². The van der Waals surface area contributed by atoms with Crippen LogP contribution in [0.4, 0.5) is 0 Å². The number of amidine groups is 1. The number of nitrogens with two attached hydrogens (primary N) is 1. The lowest BCUT2D eigenvalue weighted by atomic mass is 10.1. The van der Waals surface area contributed by atoms with E-state index in [0.29, 0.717) is 18.5 Å². The Hall–Kier alpha value is -2.34. The topological polar surface area (TPSA) is 87.7 Å². The summed E-state index contributed by atoms with van der Waals surface area (Å²) in [4.78, 5) is 14.2. The molecule has 0 aliphatic heterocycles. The number of aryl methyl sites for hydroxylation is 1. The molecule has 0 aliphatic rings. The molecule has 1 heterocycles. The summed E-state index contributed by atoms with van der Waals surface area (Å²) in [5.41, 5.74) is 6.98. The normalized spacial score (nSPS) is 11.4. The third kappa shape index (κ3) is 4.32. The first-order valence-corrected chi connectivity index (χ1v) is 7.29. The van der Waals surface area contributed by atoms with Crippen LogP contribution in [0.1, 0.15) is 20.9 Å². The second kappa shape index (κ2) is 6.90. The number of hydrogen-bond acceptors (Lipinski definition) is 4. The summed E-state index contributed by atoms with van der Waals surface area (Å²) in [5.74, 6) is 0.0247. The monoisotopic (exact) mass is 303 g/mol. The van der Waals surface area contributed by atoms with Gasteiger partial charge in [0.05, 0.1) is 13.0 Å².